The van der Waals surface area contributed by atoms with Crippen LogP contribution in [-0.4, -0.2) is 23.3 Å². The Hall–Kier alpha value is -1.16. The van der Waals surface area contributed by atoms with Crippen molar-refractivity contribution in [1.29, 1.82) is 0 Å². The number of rotatable bonds is 6. The quantitative estimate of drug-likeness (QED) is 0.871. The van der Waals surface area contributed by atoms with E-state index in [1.54, 1.807) is 11.8 Å². The van der Waals surface area contributed by atoms with Gasteiger partial charge >= 0.3 is 0 Å². The standard InChI is InChI=1S/C16H25NO2S/c1-6-19-14-10-8-7-9-13(14)11-20-12(2)15(18)17-16(3,4)5/h7-10,12H,6,11H2,1-5H3,(H,17,18). The lowest BCUT2D eigenvalue weighted by Crippen LogP contribution is -2.44. The molecule has 0 saturated heterocycles. The third kappa shape index (κ3) is 5.87. The van der Waals surface area contributed by atoms with Gasteiger partial charge in [-0.3, -0.25) is 4.79 Å². The van der Waals surface area contributed by atoms with E-state index in [2.05, 4.69) is 5.32 Å². The fourth-order valence-corrected chi connectivity index (χ4v) is 2.56. The van der Waals surface area contributed by atoms with Crippen molar-refractivity contribution >= 4 is 17.7 Å². The molecule has 4 heteroatoms. The van der Waals surface area contributed by atoms with Crippen LogP contribution in [0.25, 0.3) is 0 Å². The van der Waals surface area contributed by atoms with Crippen molar-refractivity contribution in [3.8, 4) is 5.75 Å². The zero-order chi connectivity index (χ0) is 15.2. The molecule has 1 unspecified atom stereocenters. The summed E-state index contributed by atoms with van der Waals surface area (Å²) in [6.07, 6.45) is 0. The summed E-state index contributed by atoms with van der Waals surface area (Å²) >= 11 is 1.63. The van der Waals surface area contributed by atoms with Crippen LogP contribution < -0.4 is 10.1 Å². The van der Waals surface area contributed by atoms with Crippen LogP contribution in [0.1, 0.15) is 40.2 Å². The van der Waals surface area contributed by atoms with Gasteiger partial charge in [0.15, 0.2) is 0 Å². The molecule has 0 saturated carbocycles. The Bertz CT molecular complexity index is 440. The maximum Gasteiger partial charge on any atom is 0.233 e. The van der Waals surface area contributed by atoms with Crippen molar-refractivity contribution in [2.45, 2.75) is 51.2 Å². The van der Waals surface area contributed by atoms with Crippen LogP contribution in [0.4, 0.5) is 0 Å². The van der Waals surface area contributed by atoms with Crippen molar-refractivity contribution in [1.82, 2.24) is 5.32 Å². The number of carbonyl (C=O) groups is 1. The Morgan fingerprint density at radius 1 is 1.35 bits per heavy atom. The summed E-state index contributed by atoms with van der Waals surface area (Å²) in [6.45, 7) is 10.5. The average molecular weight is 295 g/mol. The summed E-state index contributed by atoms with van der Waals surface area (Å²) in [4.78, 5) is 12.0. The molecule has 0 fully saturated rings. The minimum Gasteiger partial charge on any atom is -0.494 e. The highest BCUT2D eigenvalue weighted by Gasteiger charge is 2.19. The molecule has 0 spiro atoms. The van der Waals surface area contributed by atoms with E-state index in [4.69, 9.17) is 4.74 Å². The van der Waals surface area contributed by atoms with Gasteiger partial charge in [0, 0.05) is 16.9 Å². The zero-order valence-corrected chi connectivity index (χ0v) is 13.8. The van der Waals surface area contributed by atoms with E-state index < -0.39 is 0 Å². The summed E-state index contributed by atoms with van der Waals surface area (Å²) in [6, 6.07) is 7.98. The molecular weight excluding hydrogens is 270 g/mol. The van der Waals surface area contributed by atoms with Gasteiger partial charge in [-0.2, -0.15) is 0 Å². The van der Waals surface area contributed by atoms with E-state index in [1.165, 1.54) is 0 Å². The normalized spacial score (nSPS) is 12.8. The topological polar surface area (TPSA) is 38.3 Å². The van der Waals surface area contributed by atoms with Crippen molar-refractivity contribution in [3.05, 3.63) is 29.8 Å². The number of thioether (sulfide) groups is 1. The highest BCUT2D eigenvalue weighted by molar-refractivity contribution is 7.99. The highest BCUT2D eigenvalue weighted by atomic mass is 32.2. The molecule has 1 N–H and O–H groups in total. The summed E-state index contributed by atoms with van der Waals surface area (Å²) in [5, 5.41) is 2.92. The van der Waals surface area contributed by atoms with Crippen LogP contribution in [0.2, 0.25) is 0 Å². The van der Waals surface area contributed by atoms with Gasteiger partial charge in [0.05, 0.1) is 11.9 Å². The van der Waals surface area contributed by atoms with Crippen LogP contribution in [-0.2, 0) is 10.5 Å². The number of ether oxygens (including phenoxy) is 1. The number of hydrogen-bond donors (Lipinski definition) is 1. The highest BCUT2D eigenvalue weighted by Crippen LogP contribution is 2.25. The average Bonchev–Trinajstić information content (AvgIpc) is 2.35. The van der Waals surface area contributed by atoms with Crippen molar-refractivity contribution < 1.29 is 9.53 Å². The van der Waals surface area contributed by atoms with Gasteiger partial charge in [-0.05, 0) is 40.7 Å². The predicted octanol–water partition coefficient (Wildman–Crippen LogP) is 3.62. The summed E-state index contributed by atoms with van der Waals surface area (Å²) in [5.74, 6) is 1.76. The molecular formula is C16H25NO2S. The second-order valence-electron chi connectivity index (χ2n) is 5.73. The maximum atomic E-state index is 12.0. The van der Waals surface area contributed by atoms with E-state index in [1.807, 2.05) is 58.9 Å². The van der Waals surface area contributed by atoms with E-state index in [0.29, 0.717) is 6.61 Å². The van der Waals surface area contributed by atoms with Gasteiger partial charge in [0.25, 0.3) is 0 Å². The molecule has 1 rings (SSSR count). The Labute approximate surface area is 126 Å². The minimum atomic E-state index is -0.185. The first-order valence-electron chi connectivity index (χ1n) is 6.98. The van der Waals surface area contributed by atoms with Gasteiger partial charge in [-0.1, -0.05) is 18.2 Å². The van der Waals surface area contributed by atoms with Crippen LogP contribution in [0.3, 0.4) is 0 Å². The second kappa shape index (κ2) is 7.58. The van der Waals surface area contributed by atoms with Gasteiger partial charge in [-0.15, -0.1) is 11.8 Å². The molecule has 0 heterocycles. The number of para-hydroxylation sites is 1. The van der Waals surface area contributed by atoms with Gasteiger partial charge in [0.2, 0.25) is 5.91 Å². The number of carbonyl (C=O) groups excluding carboxylic acids is 1. The van der Waals surface area contributed by atoms with Crippen LogP contribution in [0.15, 0.2) is 24.3 Å². The molecule has 1 aromatic carbocycles. The van der Waals surface area contributed by atoms with Crippen LogP contribution in [0.5, 0.6) is 5.75 Å². The fraction of sp³-hybridized carbons (Fsp3) is 0.562. The fourth-order valence-electron chi connectivity index (χ4n) is 1.68. The molecule has 1 amide bonds. The molecule has 3 nitrogen and oxygen atoms in total. The minimum absolute atomic E-state index is 0.0797. The predicted molar refractivity (Wildman–Crippen MR) is 86.3 cm³/mol. The Kier molecular flexibility index (Phi) is 6.40. The van der Waals surface area contributed by atoms with Gasteiger partial charge in [-0.25, -0.2) is 0 Å². The molecule has 20 heavy (non-hydrogen) atoms. The number of benzene rings is 1. The van der Waals surface area contributed by atoms with E-state index in [0.717, 1.165) is 17.1 Å². The number of nitrogens with one attached hydrogen (secondary N) is 1. The van der Waals surface area contributed by atoms with E-state index in [-0.39, 0.29) is 16.7 Å². The molecule has 0 radical (unpaired) electrons. The number of hydrogen-bond acceptors (Lipinski definition) is 3. The molecule has 0 aliphatic carbocycles. The smallest absolute Gasteiger partial charge is 0.233 e. The molecule has 0 aromatic heterocycles. The Morgan fingerprint density at radius 2 is 2.00 bits per heavy atom. The summed E-state index contributed by atoms with van der Waals surface area (Å²) in [5.41, 5.74) is 0.949. The molecule has 112 valence electrons. The summed E-state index contributed by atoms with van der Waals surface area (Å²) in [7, 11) is 0. The third-order valence-electron chi connectivity index (χ3n) is 2.63. The third-order valence-corrected chi connectivity index (χ3v) is 3.82. The van der Waals surface area contributed by atoms with Crippen molar-refractivity contribution in [2.75, 3.05) is 6.61 Å². The van der Waals surface area contributed by atoms with Crippen LogP contribution >= 0.6 is 11.8 Å². The van der Waals surface area contributed by atoms with E-state index in [9.17, 15) is 4.79 Å². The largest absolute Gasteiger partial charge is 0.494 e. The molecule has 1 atom stereocenters. The van der Waals surface area contributed by atoms with Gasteiger partial charge < -0.3 is 10.1 Å². The summed E-state index contributed by atoms with van der Waals surface area (Å²) < 4.78 is 5.60. The Morgan fingerprint density at radius 3 is 2.60 bits per heavy atom. The SMILES string of the molecule is CCOc1ccccc1CSC(C)C(=O)NC(C)(C)C. The lowest BCUT2D eigenvalue weighted by molar-refractivity contribution is -0.121. The molecule has 0 bridgehead atoms. The first kappa shape index (κ1) is 16.9. The molecule has 0 aliphatic rings. The van der Waals surface area contributed by atoms with Crippen LogP contribution in [0, 0.1) is 0 Å². The first-order chi connectivity index (χ1) is 9.33. The Balaban J connectivity index is 2.56. The maximum absolute atomic E-state index is 12.0. The lowest BCUT2D eigenvalue weighted by atomic mass is 10.1. The molecule has 0 aliphatic heterocycles. The number of amides is 1. The van der Waals surface area contributed by atoms with Crippen molar-refractivity contribution in [2.24, 2.45) is 0 Å². The second-order valence-corrected chi connectivity index (χ2v) is 7.06. The van der Waals surface area contributed by atoms with Crippen molar-refractivity contribution in [3.63, 3.8) is 0 Å². The van der Waals surface area contributed by atoms with Gasteiger partial charge in [0.1, 0.15) is 5.75 Å². The monoisotopic (exact) mass is 295 g/mol. The first-order valence-corrected chi connectivity index (χ1v) is 8.02. The molecule has 1 aromatic rings. The zero-order valence-electron chi connectivity index (χ0n) is 13.0. The van der Waals surface area contributed by atoms with E-state index >= 15 is 0 Å². The lowest BCUT2D eigenvalue weighted by Gasteiger charge is -2.23.